The van der Waals surface area contributed by atoms with Gasteiger partial charge in [-0.1, -0.05) is 0 Å². The molecule has 0 aliphatic carbocycles. The van der Waals surface area contributed by atoms with E-state index in [1.54, 1.807) is 27.7 Å². The molecular formula is C13H22N2O4. The van der Waals surface area contributed by atoms with E-state index in [-0.39, 0.29) is 6.61 Å². The number of alkyl carbamates (subject to hydrolysis) is 1. The zero-order chi connectivity index (χ0) is 14.9. The molecule has 0 aromatic heterocycles. The van der Waals surface area contributed by atoms with Crippen molar-refractivity contribution >= 4 is 12.1 Å². The van der Waals surface area contributed by atoms with Crippen LogP contribution in [0.25, 0.3) is 0 Å². The van der Waals surface area contributed by atoms with Crippen molar-refractivity contribution in [2.45, 2.75) is 58.6 Å². The Morgan fingerprint density at radius 3 is 2.47 bits per heavy atom. The van der Waals surface area contributed by atoms with Crippen LogP contribution in [0.3, 0.4) is 0 Å². The van der Waals surface area contributed by atoms with E-state index < -0.39 is 23.7 Å². The number of nitriles is 1. The largest absolute Gasteiger partial charge is 0.464 e. The van der Waals surface area contributed by atoms with Crippen molar-refractivity contribution in [2.24, 2.45) is 0 Å². The normalized spacial score (nSPS) is 12.2. The molecule has 0 aliphatic heterocycles. The van der Waals surface area contributed by atoms with Gasteiger partial charge in [0, 0.05) is 6.42 Å². The first-order chi connectivity index (χ1) is 8.80. The van der Waals surface area contributed by atoms with E-state index in [0.29, 0.717) is 19.3 Å². The van der Waals surface area contributed by atoms with E-state index >= 15 is 0 Å². The second-order valence-electron chi connectivity index (χ2n) is 5.00. The average molecular weight is 270 g/mol. The Hall–Kier alpha value is -1.77. The summed E-state index contributed by atoms with van der Waals surface area (Å²) in [5, 5.41) is 10.9. The lowest BCUT2D eigenvalue weighted by Gasteiger charge is -2.22. The summed E-state index contributed by atoms with van der Waals surface area (Å²) in [5.74, 6) is -0.508. The molecule has 0 aliphatic rings. The fraction of sp³-hybridized carbons (Fsp3) is 0.769. The molecule has 6 nitrogen and oxygen atoms in total. The van der Waals surface area contributed by atoms with Crippen LogP contribution in [-0.4, -0.2) is 30.3 Å². The highest BCUT2D eigenvalue weighted by atomic mass is 16.6. The highest BCUT2D eigenvalue weighted by molar-refractivity contribution is 5.81. The molecule has 0 bridgehead atoms. The van der Waals surface area contributed by atoms with Gasteiger partial charge in [-0.15, -0.1) is 0 Å². The maximum absolute atomic E-state index is 11.7. The molecule has 6 heteroatoms. The molecule has 1 N–H and O–H groups in total. The van der Waals surface area contributed by atoms with E-state index in [9.17, 15) is 9.59 Å². The predicted molar refractivity (Wildman–Crippen MR) is 69.3 cm³/mol. The van der Waals surface area contributed by atoms with Gasteiger partial charge < -0.3 is 14.8 Å². The van der Waals surface area contributed by atoms with Crippen LogP contribution in [0.15, 0.2) is 0 Å². The topological polar surface area (TPSA) is 88.4 Å². The third kappa shape index (κ3) is 8.89. The zero-order valence-corrected chi connectivity index (χ0v) is 12.0. The fourth-order valence-electron chi connectivity index (χ4n) is 1.33. The van der Waals surface area contributed by atoms with Gasteiger partial charge in [0.25, 0.3) is 0 Å². The second kappa shape index (κ2) is 8.35. The quantitative estimate of drug-likeness (QED) is 0.590. The minimum Gasteiger partial charge on any atom is -0.464 e. The van der Waals surface area contributed by atoms with Gasteiger partial charge in [0.15, 0.2) is 0 Å². The summed E-state index contributed by atoms with van der Waals surface area (Å²) in [4.78, 5) is 23.3. The van der Waals surface area contributed by atoms with Crippen LogP contribution >= 0.6 is 0 Å². The molecule has 0 saturated carbocycles. The van der Waals surface area contributed by atoms with Crippen molar-refractivity contribution in [1.29, 1.82) is 5.26 Å². The van der Waals surface area contributed by atoms with Crippen molar-refractivity contribution in [3.05, 3.63) is 0 Å². The van der Waals surface area contributed by atoms with E-state index in [4.69, 9.17) is 14.7 Å². The maximum atomic E-state index is 11.7. The van der Waals surface area contributed by atoms with Crippen molar-refractivity contribution in [3.8, 4) is 6.07 Å². The second-order valence-corrected chi connectivity index (χ2v) is 5.00. The number of carbonyl (C=O) groups excluding carboxylic acids is 2. The predicted octanol–water partition coefficient (Wildman–Crippen LogP) is 2.14. The summed E-state index contributed by atoms with van der Waals surface area (Å²) in [6.45, 7) is 7.15. The summed E-state index contributed by atoms with van der Waals surface area (Å²) in [6.07, 6.45) is 0.523. The number of nitrogens with zero attached hydrogens (tertiary/aromatic N) is 1. The summed E-state index contributed by atoms with van der Waals surface area (Å²) in [5.41, 5.74) is -0.629. The highest BCUT2D eigenvalue weighted by Gasteiger charge is 2.24. The van der Waals surface area contributed by atoms with Crippen molar-refractivity contribution in [1.82, 2.24) is 5.32 Å². The molecule has 0 radical (unpaired) electrons. The summed E-state index contributed by atoms with van der Waals surface area (Å²) in [6, 6.07) is 1.21. The van der Waals surface area contributed by atoms with Crippen LogP contribution in [0.5, 0.6) is 0 Å². The standard InChI is InChI=1S/C13H22N2O4/c1-5-18-11(16)10(8-6-7-9-14)15-12(17)19-13(2,3)4/h10H,5-8H2,1-4H3,(H,15,17). The van der Waals surface area contributed by atoms with Gasteiger partial charge in [-0.3, -0.25) is 0 Å². The Balaban J connectivity index is 4.44. The molecule has 0 rings (SSSR count). The molecule has 0 aromatic carbocycles. The van der Waals surface area contributed by atoms with Crippen LogP contribution in [0.4, 0.5) is 4.79 Å². The number of rotatable bonds is 6. The minimum absolute atomic E-state index is 0.240. The first kappa shape index (κ1) is 17.2. The number of hydrogen-bond donors (Lipinski definition) is 1. The van der Waals surface area contributed by atoms with Crippen LogP contribution in [0.2, 0.25) is 0 Å². The van der Waals surface area contributed by atoms with Gasteiger partial charge in [0.1, 0.15) is 11.6 Å². The van der Waals surface area contributed by atoms with Gasteiger partial charge in [-0.05, 0) is 40.5 Å². The van der Waals surface area contributed by atoms with E-state index in [1.165, 1.54) is 0 Å². The van der Waals surface area contributed by atoms with Crippen molar-refractivity contribution in [3.63, 3.8) is 0 Å². The molecule has 0 spiro atoms. The van der Waals surface area contributed by atoms with Gasteiger partial charge in [-0.25, -0.2) is 9.59 Å². The van der Waals surface area contributed by atoms with Crippen LogP contribution in [0.1, 0.15) is 47.0 Å². The number of ether oxygens (including phenoxy) is 2. The molecule has 0 saturated heterocycles. The maximum Gasteiger partial charge on any atom is 0.408 e. The number of unbranched alkanes of at least 4 members (excludes halogenated alkanes) is 1. The van der Waals surface area contributed by atoms with Crippen LogP contribution in [-0.2, 0) is 14.3 Å². The first-order valence-electron chi connectivity index (χ1n) is 6.33. The molecule has 19 heavy (non-hydrogen) atoms. The van der Waals surface area contributed by atoms with Gasteiger partial charge in [0.05, 0.1) is 12.7 Å². The molecule has 0 aromatic rings. The fourth-order valence-corrected chi connectivity index (χ4v) is 1.33. The van der Waals surface area contributed by atoms with Crippen molar-refractivity contribution in [2.75, 3.05) is 6.61 Å². The van der Waals surface area contributed by atoms with Gasteiger partial charge in [0.2, 0.25) is 0 Å². The number of esters is 1. The van der Waals surface area contributed by atoms with Crippen LogP contribution in [0, 0.1) is 11.3 Å². The first-order valence-corrected chi connectivity index (χ1v) is 6.33. The van der Waals surface area contributed by atoms with Crippen LogP contribution < -0.4 is 5.32 Å². The van der Waals surface area contributed by atoms with Gasteiger partial charge >= 0.3 is 12.1 Å². The monoisotopic (exact) mass is 270 g/mol. The Kier molecular flexibility index (Phi) is 7.57. The minimum atomic E-state index is -0.775. The summed E-state index contributed by atoms with van der Waals surface area (Å²) in [7, 11) is 0. The third-order valence-corrected chi connectivity index (χ3v) is 2.04. The molecule has 108 valence electrons. The summed E-state index contributed by atoms with van der Waals surface area (Å²) < 4.78 is 9.95. The Morgan fingerprint density at radius 2 is 2.00 bits per heavy atom. The Labute approximate surface area is 114 Å². The van der Waals surface area contributed by atoms with E-state index in [1.807, 2.05) is 6.07 Å². The molecule has 1 amide bonds. The summed E-state index contributed by atoms with van der Waals surface area (Å²) >= 11 is 0. The molecular weight excluding hydrogens is 248 g/mol. The smallest absolute Gasteiger partial charge is 0.408 e. The van der Waals surface area contributed by atoms with E-state index in [2.05, 4.69) is 5.32 Å². The van der Waals surface area contributed by atoms with E-state index in [0.717, 1.165) is 0 Å². The Bertz CT molecular complexity index is 342. The molecule has 1 unspecified atom stereocenters. The lowest BCUT2D eigenvalue weighted by atomic mass is 10.1. The number of nitrogens with one attached hydrogen (secondary N) is 1. The lowest BCUT2D eigenvalue weighted by molar-refractivity contribution is -0.145. The highest BCUT2D eigenvalue weighted by Crippen LogP contribution is 2.09. The number of amides is 1. The van der Waals surface area contributed by atoms with Gasteiger partial charge in [-0.2, -0.15) is 5.26 Å². The number of hydrogen-bond acceptors (Lipinski definition) is 5. The SMILES string of the molecule is CCOC(=O)C(CCCC#N)NC(=O)OC(C)(C)C. The Morgan fingerprint density at radius 1 is 1.37 bits per heavy atom. The number of carbonyl (C=O) groups is 2. The third-order valence-electron chi connectivity index (χ3n) is 2.04. The van der Waals surface area contributed by atoms with Crippen molar-refractivity contribution < 1.29 is 19.1 Å². The molecule has 0 heterocycles. The lowest BCUT2D eigenvalue weighted by Crippen LogP contribution is -2.44. The molecule has 1 atom stereocenters. The zero-order valence-electron chi connectivity index (χ0n) is 12.0. The average Bonchev–Trinajstić information content (AvgIpc) is 2.25. The molecule has 0 fully saturated rings.